The van der Waals surface area contributed by atoms with E-state index in [4.69, 9.17) is 5.73 Å². The standard InChI is InChI=1S/C10H18N4O2S/c1-10(2)4-3-7(5-10)14-17(15,16)8-6-12-13-9(8)11/h6-7,14H,3-5H2,1-2H3,(H3,11,12,13). The van der Waals surface area contributed by atoms with E-state index in [-0.39, 0.29) is 22.2 Å². The zero-order chi connectivity index (χ0) is 12.7. The monoisotopic (exact) mass is 258 g/mol. The van der Waals surface area contributed by atoms with Crippen LogP contribution in [0.15, 0.2) is 11.1 Å². The molecule has 17 heavy (non-hydrogen) atoms. The average Bonchev–Trinajstić information content (AvgIpc) is 2.72. The van der Waals surface area contributed by atoms with Gasteiger partial charge in [-0.1, -0.05) is 13.8 Å². The third kappa shape index (κ3) is 2.61. The molecule has 0 bridgehead atoms. The molecule has 0 aliphatic heterocycles. The van der Waals surface area contributed by atoms with Crippen LogP contribution in [0, 0.1) is 5.41 Å². The Morgan fingerprint density at radius 3 is 2.76 bits per heavy atom. The quantitative estimate of drug-likeness (QED) is 0.748. The molecule has 1 aliphatic carbocycles. The number of sulfonamides is 1. The zero-order valence-corrected chi connectivity index (χ0v) is 10.8. The molecular formula is C10H18N4O2S. The van der Waals surface area contributed by atoms with E-state index in [0.29, 0.717) is 0 Å². The van der Waals surface area contributed by atoms with Crippen molar-refractivity contribution in [2.24, 2.45) is 5.41 Å². The number of aromatic nitrogens is 2. The number of nitrogens with zero attached hydrogens (tertiary/aromatic N) is 1. The summed E-state index contributed by atoms with van der Waals surface area (Å²) in [5, 5.41) is 6.05. The molecule has 4 N–H and O–H groups in total. The molecule has 0 radical (unpaired) electrons. The van der Waals surface area contributed by atoms with Crippen LogP contribution in [0.2, 0.25) is 0 Å². The van der Waals surface area contributed by atoms with E-state index in [9.17, 15) is 8.42 Å². The first-order valence-electron chi connectivity index (χ1n) is 5.61. The summed E-state index contributed by atoms with van der Waals surface area (Å²) in [6.45, 7) is 4.29. The first-order valence-corrected chi connectivity index (χ1v) is 7.10. The summed E-state index contributed by atoms with van der Waals surface area (Å²) in [7, 11) is -3.55. The van der Waals surface area contributed by atoms with Crippen molar-refractivity contribution < 1.29 is 8.42 Å². The summed E-state index contributed by atoms with van der Waals surface area (Å²) in [6.07, 6.45) is 3.98. The minimum absolute atomic E-state index is 0.00991. The number of nitrogens with one attached hydrogen (secondary N) is 2. The highest BCUT2D eigenvalue weighted by Gasteiger charge is 2.34. The van der Waals surface area contributed by atoms with Crippen molar-refractivity contribution in [3.63, 3.8) is 0 Å². The van der Waals surface area contributed by atoms with Gasteiger partial charge in [0.15, 0.2) is 0 Å². The predicted octanol–water partition coefficient (Wildman–Crippen LogP) is 0.849. The Bertz CT molecular complexity index is 506. The Morgan fingerprint density at radius 2 is 2.29 bits per heavy atom. The lowest BCUT2D eigenvalue weighted by atomic mass is 9.92. The van der Waals surface area contributed by atoms with Gasteiger partial charge in [-0.3, -0.25) is 5.10 Å². The molecule has 96 valence electrons. The van der Waals surface area contributed by atoms with Crippen molar-refractivity contribution in [3.05, 3.63) is 6.20 Å². The molecule has 0 saturated heterocycles. The van der Waals surface area contributed by atoms with E-state index in [2.05, 4.69) is 28.8 Å². The van der Waals surface area contributed by atoms with Gasteiger partial charge in [0, 0.05) is 6.04 Å². The van der Waals surface area contributed by atoms with Gasteiger partial charge in [-0.05, 0) is 24.7 Å². The Morgan fingerprint density at radius 1 is 1.59 bits per heavy atom. The lowest BCUT2D eigenvalue weighted by molar-refractivity contribution is 0.372. The summed E-state index contributed by atoms with van der Waals surface area (Å²) >= 11 is 0. The molecule has 6 nitrogen and oxygen atoms in total. The number of nitrogens with two attached hydrogens (primary N) is 1. The second-order valence-corrected chi connectivity index (χ2v) is 7.06. The third-order valence-corrected chi connectivity index (χ3v) is 4.76. The minimum Gasteiger partial charge on any atom is -0.383 e. The summed E-state index contributed by atoms with van der Waals surface area (Å²) in [4.78, 5) is 0.0298. The molecule has 1 fully saturated rings. The van der Waals surface area contributed by atoms with Crippen LogP contribution in [0.3, 0.4) is 0 Å². The maximum absolute atomic E-state index is 12.0. The van der Waals surface area contributed by atoms with E-state index in [1.54, 1.807) is 0 Å². The summed E-state index contributed by atoms with van der Waals surface area (Å²) in [5.41, 5.74) is 5.72. The first-order chi connectivity index (χ1) is 7.80. The first kappa shape index (κ1) is 12.4. The Kier molecular flexibility index (Phi) is 2.90. The Hall–Kier alpha value is -1.08. The normalized spacial score (nSPS) is 24.0. The number of H-pyrrole nitrogens is 1. The van der Waals surface area contributed by atoms with E-state index < -0.39 is 10.0 Å². The number of aromatic amines is 1. The van der Waals surface area contributed by atoms with Crippen molar-refractivity contribution in [2.45, 2.75) is 44.0 Å². The van der Waals surface area contributed by atoms with E-state index in [1.165, 1.54) is 6.20 Å². The van der Waals surface area contributed by atoms with Gasteiger partial charge in [0.1, 0.15) is 10.7 Å². The van der Waals surface area contributed by atoms with E-state index >= 15 is 0 Å². The molecule has 1 aliphatic rings. The van der Waals surface area contributed by atoms with Crippen molar-refractivity contribution >= 4 is 15.8 Å². The van der Waals surface area contributed by atoms with Gasteiger partial charge in [-0.15, -0.1) is 0 Å². The lowest BCUT2D eigenvalue weighted by Crippen LogP contribution is -2.33. The number of nitrogen functional groups attached to an aromatic ring is 1. The molecule has 0 amide bonds. The fourth-order valence-corrected chi connectivity index (χ4v) is 3.61. The van der Waals surface area contributed by atoms with Gasteiger partial charge >= 0.3 is 0 Å². The largest absolute Gasteiger partial charge is 0.383 e. The van der Waals surface area contributed by atoms with Gasteiger partial charge in [0.05, 0.1) is 6.20 Å². The van der Waals surface area contributed by atoms with Crippen LogP contribution in [0.1, 0.15) is 33.1 Å². The third-order valence-electron chi connectivity index (χ3n) is 3.21. The van der Waals surface area contributed by atoms with Crippen molar-refractivity contribution in [3.8, 4) is 0 Å². The molecule has 1 saturated carbocycles. The number of rotatable bonds is 3. The number of hydrogen-bond acceptors (Lipinski definition) is 4. The number of anilines is 1. The predicted molar refractivity (Wildman–Crippen MR) is 64.7 cm³/mol. The van der Waals surface area contributed by atoms with Gasteiger partial charge in [-0.25, -0.2) is 13.1 Å². The van der Waals surface area contributed by atoms with Gasteiger partial charge < -0.3 is 5.73 Å². The molecule has 1 heterocycles. The maximum Gasteiger partial charge on any atom is 0.246 e. The van der Waals surface area contributed by atoms with Crippen molar-refractivity contribution in [2.75, 3.05) is 5.73 Å². The van der Waals surface area contributed by atoms with Crippen LogP contribution in [0.25, 0.3) is 0 Å². The van der Waals surface area contributed by atoms with Crippen LogP contribution >= 0.6 is 0 Å². The zero-order valence-electron chi connectivity index (χ0n) is 10.0. The van der Waals surface area contributed by atoms with Crippen molar-refractivity contribution in [1.82, 2.24) is 14.9 Å². The van der Waals surface area contributed by atoms with E-state index in [0.717, 1.165) is 19.3 Å². The highest BCUT2D eigenvalue weighted by atomic mass is 32.2. The lowest BCUT2D eigenvalue weighted by Gasteiger charge is -2.17. The van der Waals surface area contributed by atoms with Crippen LogP contribution in [-0.4, -0.2) is 24.7 Å². The SMILES string of the molecule is CC1(C)CCC(NS(=O)(=O)c2cn[nH]c2N)C1. The van der Waals surface area contributed by atoms with Gasteiger partial charge in [-0.2, -0.15) is 5.10 Å². The van der Waals surface area contributed by atoms with Gasteiger partial charge in [0.25, 0.3) is 0 Å². The molecule has 2 rings (SSSR count). The maximum atomic E-state index is 12.0. The average molecular weight is 258 g/mol. The molecule has 1 unspecified atom stereocenters. The molecule has 1 aromatic rings. The summed E-state index contributed by atoms with van der Waals surface area (Å²) in [6, 6.07) is -0.00991. The molecule has 1 aromatic heterocycles. The summed E-state index contributed by atoms with van der Waals surface area (Å²) in [5.74, 6) is 0.0785. The topological polar surface area (TPSA) is 101 Å². The van der Waals surface area contributed by atoms with Gasteiger partial charge in [0.2, 0.25) is 10.0 Å². The highest BCUT2D eigenvalue weighted by molar-refractivity contribution is 7.89. The molecule has 0 aromatic carbocycles. The van der Waals surface area contributed by atoms with Crippen LogP contribution in [-0.2, 0) is 10.0 Å². The Labute approximate surface area is 101 Å². The fourth-order valence-electron chi connectivity index (χ4n) is 2.32. The smallest absolute Gasteiger partial charge is 0.246 e. The van der Waals surface area contributed by atoms with E-state index in [1.807, 2.05) is 0 Å². The highest BCUT2D eigenvalue weighted by Crippen LogP contribution is 2.37. The second kappa shape index (κ2) is 3.99. The summed E-state index contributed by atoms with van der Waals surface area (Å²) < 4.78 is 26.7. The fraction of sp³-hybridized carbons (Fsp3) is 0.700. The molecule has 7 heteroatoms. The molecule has 0 spiro atoms. The van der Waals surface area contributed by atoms with Crippen LogP contribution in [0.4, 0.5) is 5.82 Å². The minimum atomic E-state index is -3.55. The molecular weight excluding hydrogens is 240 g/mol. The Balaban J connectivity index is 2.12. The molecule has 1 atom stereocenters. The van der Waals surface area contributed by atoms with Crippen LogP contribution in [0.5, 0.6) is 0 Å². The van der Waals surface area contributed by atoms with Crippen LogP contribution < -0.4 is 10.5 Å². The van der Waals surface area contributed by atoms with Crippen molar-refractivity contribution in [1.29, 1.82) is 0 Å². The number of hydrogen-bond donors (Lipinski definition) is 3. The second-order valence-electron chi connectivity index (χ2n) is 5.37.